The number of nitrogens with one attached hydrogen (secondary N) is 1. The van der Waals surface area contributed by atoms with Gasteiger partial charge in [0.1, 0.15) is 0 Å². The summed E-state index contributed by atoms with van der Waals surface area (Å²) in [5.74, 6) is 2.23. The molecule has 2 heterocycles. The molecule has 1 atom stereocenters. The van der Waals surface area contributed by atoms with E-state index in [9.17, 15) is 0 Å². The molecular formula is C13H24N4O. The Morgan fingerprint density at radius 2 is 2.39 bits per heavy atom. The van der Waals surface area contributed by atoms with Gasteiger partial charge in [-0.25, -0.2) is 0 Å². The maximum absolute atomic E-state index is 5.03. The van der Waals surface area contributed by atoms with Gasteiger partial charge in [-0.1, -0.05) is 12.1 Å². The molecule has 1 unspecified atom stereocenters. The lowest BCUT2D eigenvalue weighted by Crippen LogP contribution is -2.38. The van der Waals surface area contributed by atoms with E-state index < -0.39 is 0 Å². The third-order valence-corrected chi connectivity index (χ3v) is 3.39. The summed E-state index contributed by atoms with van der Waals surface area (Å²) in [7, 11) is 0. The van der Waals surface area contributed by atoms with Crippen LogP contribution in [-0.2, 0) is 6.54 Å². The summed E-state index contributed by atoms with van der Waals surface area (Å²) < 4.78 is 5.03. The third-order valence-electron chi connectivity index (χ3n) is 3.39. The first-order valence-corrected chi connectivity index (χ1v) is 7.00. The maximum Gasteiger partial charge on any atom is 0.223 e. The van der Waals surface area contributed by atoms with E-state index in [1.165, 1.54) is 19.4 Å². The molecule has 0 bridgehead atoms. The van der Waals surface area contributed by atoms with Crippen LogP contribution in [0.15, 0.2) is 4.52 Å². The van der Waals surface area contributed by atoms with Gasteiger partial charge in [0.2, 0.25) is 5.89 Å². The first kappa shape index (κ1) is 13.5. The molecule has 1 aromatic rings. The zero-order valence-corrected chi connectivity index (χ0v) is 11.5. The van der Waals surface area contributed by atoms with Gasteiger partial charge in [0.25, 0.3) is 0 Å². The normalized spacial score (nSPS) is 20.5. The first-order valence-electron chi connectivity index (χ1n) is 7.00. The smallest absolute Gasteiger partial charge is 0.223 e. The highest BCUT2D eigenvalue weighted by atomic mass is 16.5. The summed E-state index contributed by atoms with van der Waals surface area (Å²) in [6, 6.07) is 0. The minimum Gasteiger partial charge on any atom is -0.340 e. The highest BCUT2D eigenvalue weighted by Crippen LogP contribution is 2.13. The van der Waals surface area contributed by atoms with E-state index >= 15 is 0 Å². The third kappa shape index (κ3) is 4.07. The van der Waals surface area contributed by atoms with E-state index in [1.807, 2.05) is 6.92 Å². The Labute approximate surface area is 109 Å². The second kappa shape index (κ2) is 6.85. The van der Waals surface area contributed by atoms with Gasteiger partial charge in [0, 0.05) is 13.5 Å². The van der Waals surface area contributed by atoms with Gasteiger partial charge in [-0.2, -0.15) is 4.98 Å². The van der Waals surface area contributed by atoms with Crippen molar-refractivity contribution in [2.75, 3.05) is 26.2 Å². The molecule has 0 aromatic carbocycles. The van der Waals surface area contributed by atoms with Gasteiger partial charge in [-0.05, 0) is 44.8 Å². The second-order valence-corrected chi connectivity index (χ2v) is 5.18. The molecule has 0 amide bonds. The number of piperidine rings is 1. The number of hydrogen-bond acceptors (Lipinski definition) is 5. The topological polar surface area (TPSA) is 54.2 Å². The van der Waals surface area contributed by atoms with Crippen LogP contribution in [0.25, 0.3) is 0 Å². The minimum atomic E-state index is 0.654. The zero-order chi connectivity index (χ0) is 12.8. The van der Waals surface area contributed by atoms with E-state index in [4.69, 9.17) is 4.52 Å². The quantitative estimate of drug-likeness (QED) is 0.833. The number of aryl methyl sites for hydroxylation is 1. The molecule has 1 aliphatic heterocycles. The molecule has 1 N–H and O–H groups in total. The molecule has 0 spiro atoms. The number of rotatable bonds is 6. The highest BCUT2D eigenvalue weighted by molar-refractivity contribution is 4.85. The Balaban J connectivity index is 1.86. The molecular weight excluding hydrogens is 228 g/mol. The molecule has 102 valence electrons. The van der Waals surface area contributed by atoms with Gasteiger partial charge in [0.15, 0.2) is 5.82 Å². The van der Waals surface area contributed by atoms with E-state index in [2.05, 4.69) is 27.3 Å². The van der Waals surface area contributed by atoms with Crippen LogP contribution in [0.1, 0.15) is 37.9 Å². The molecule has 0 saturated carbocycles. The first-order chi connectivity index (χ1) is 8.78. The Kier molecular flexibility index (Phi) is 5.13. The summed E-state index contributed by atoms with van der Waals surface area (Å²) in [6.07, 6.45) is 3.79. The summed E-state index contributed by atoms with van der Waals surface area (Å²) in [6.45, 7) is 9.42. The Hall–Kier alpha value is -0.940. The van der Waals surface area contributed by atoms with Crippen molar-refractivity contribution in [3.63, 3.8) is 0 Å². The van der Waals surface area contributed by atoms with Crippen molar-refractivity contribution in [3.05, 3.63) is 11.7 Å². The van der Waals surface area contributed by atoms with Crippen molar-refractivity contribution in [2.24, 2.45) is 5.92 Å². The maximum atomic E-state index is 5.03. The van der Waals surface area contributed by atoms with Crippen LogP contribution in [0.3, 0.4) is 0 Å². The largest absolute Gasteiger partial charge is 0.340 e. The predicted octanol–water partition coefficient (Wildman–Crippen LogP) is 1.59. The van der Waals surface area contributed by atoms with Crippen LogP contribution in [-0.4, -0.2) is 41.2 Å². The van der Waals surface area contributed by atoms with Crippen molar-refractivity contribution < 1.29 is 4.52 Å². The Morgan fingerprint density at radius 1 is 1.50 bits per heavy atom. The fourth-order valence-electron chi connectivity index (χ4n) is 2.60. The lowest BCUT2D eigenvalue weighted by molar-refractivity contribution is 0.195. The minimum absolute atomic E-state index is 0.654. The Bertz CT molecular complexity index is 347. The summed E-state index contributed by atoms with van der Waals surface area (Å²) in [5, 5.41) is 7.46. The summed E-state index contributed by atoms with van der Waals surface area (Å²) in [4.78, 5) is 6.74. The molecule has 0 aliphatic carbocycles. The second-order valence-electron chi connectivity index (χ2n) is 5.18. The molecule has 5 heteroatoms. The van der Waals surface area contributed by atoms with E-state index in [0.717, 1.165) is 44.3 Å². The van der Waals surface area contributed by atoms with Gasteiger partial charge in [-0.15, -0.1) is 0 Å². The van der Waals surface area contributed by atoms with Crippen molar-refractivity contribution in [2.45, 2.75) is 39.7 Å². The van der Waals surface area contributed by atoms with Gasteiger partial charge in [0.05, 0.1) is 6.54 Å². The van der Waals surface area contributed by atoms with Crippen LogP contribution >= 0.6 is 0 Å². The SMILES string of the molecule is CCCN(Cc1noc(C)n1)CC1CCCNC1. The summed E-state index contributed by atoms with van der Waals surface area (Å²) >= 11 is 0. The zero-order valence-electron chi connectivity index (χ0n) is 11.5. The van der Waals surface area contributed by atoms with Crippen LogP contribution in [0.4, 0.5) is 0 Å². The van der Waals surface area contributed by atoms with Crippen molar-refractivity contribution >= 4 is 0 Å². The number of aromatic nitrogens is 2. The van der Waals surface area contributed by atoms with Crippen molar-refractivity contribution in [1.82, 2.24) is 20.4 Å². The molecule has 1 saturated heterocycles. The van der Waals surface area contributed by atoms with Gasteiger partial charge < -0.3 is 9.84 Å². The monoisotopic (exact) mass is 252 g/mol. The molecule has 2 rings (SSSR count). The van der Waals surface area contributed by atoms with Crippen molar-refractivity contribution in [1.29, 1.82) is 0 Å². The molecule has 1 aliphatic rings. The number of hydrogen-bond donors (Lipinski definition) is 1. The average molecular weight is 252 g/mol. The van der Waals surface area contributed by atoms with Crippen LogP contribution in [0.2, 0.25) is 0 Å². The Morgan fingerprint density at radius 3 is 3.00 bits per heavy atom. The highest BCUT2D eigenvalue weighted by Gasteiger charge is 2.18. The predicted molar refractivity (Wildman–Crippen MR) is 70.2 cm³/mol. The van der Waals surface area contributed by atoms with Crippen LogP contribution in [0, 0.1) is 12.8 Å². The van der Waals surface area contributed by atoms with Crippen LogP contribution in [0.5, 0.6) is 0 Å². The van der Waals surface area contributed by atoms with Crippen molar-refractivity contribution in [3.8, 4) is 0 Å². The number of nitrogens with zero attached hydrogens (tertiary/aromatic N) is 3. The molecule has 5 nitrogen and oxygen atoms in total. The van der Waals surface area contributed by atoms with Gasteiger partial charge >= 0.3 is 0 Å². The summed E-state index contributed by atoms with van der Waals surface area (Å²) in [5.41, 5.74) is 0. The lowest BCUT2D eigenvalue weighted by atomic mass is 9.99. The molecule has 1 fully saturated rings. The molecule has 0 radical (unpaired) electrons. The fourth-order valence-corrected chi connectivity index (χ4v) is 2.60. The average Bonchev–Trinajstić information content (AvgIpc) is 2.76. The van der Waals surface area contributed by atoms with Crippen LogP contribution < -0.4 is 5.32 Å². The lowest BCUT2D eigenvalue weighted by Gasteiger charge is -2.29. The molecule has 18 heavy (non-hydrogen) atoms. The molecule has 1 aromatic heterocycles. The standard InChI is InChI=1S/C13H24N4O/c1-3-7-17(9-12-5-4-6-14-8-12)10-13-15-11(2)18-16-13/h12,14H,3-10H2,1-2H3. The van der Waals surface area contributed by atoms with Gasteiger partial charge in [-0.3, -0.25) is 4.90 Å². The van der Waals surface area contributed by atoms with E-state index in [-0.39, 0.29) is 0 Å². The fraction of sp³-hybridized carbons (Fsp3) is 0.846. The van der Waals surface area contributed by atoms with E-state index in [1.54, 1.807) is 0 Å². The van der Waals surface area contributed by atoms with E-state index in [0.29, 0.717) is 5.89 Å².